The number of hydrogen-bond donors (Lipinski definition) is 0. The smallest absolute Gasteiger partial charge is 0.306 e. The van der Waals surface area contributed by atoms with Crippen molar-refractivity contribution in [2.45, 2.75) is 174 Å². The number of hydrogen-bond acceptors (Lipinski definition) is 7. The highest BCUT2D eigenvalue weighted by Crippen LogP contribution is 2.13. The zero-order chi connectivity index (χ0) is 45.6. The molecule has 8 nitrogen and oxygen atoms in total. The van der Waals surface area contributed by atoms with Crippen LogP contribution in [0.4, 0.5) is 0 Å². The van der Waals surface area contributed by atoms with Crippen molar-refractivity contribution in [1.29, 1.82) is 0 Å². The van der Waals surface area contributed by atoms with Crippen LogP contribution in [0.5, 0.6) is 0 Å². The molecule has 0 rings (SSSR count). The molecule has 0 aliphatic heterocycles. The Bertz CT molecular complexity index is 1370. The summed E-state index contributed by atoms with van der Waals surface area (Å²) in [5.41, 5.74) is 0. The SMILES string of the molecule is CC/C=C/C=C/C=C/C=C/CCCCCCCC(=O)OC(COCCC(C(=O)[O-])[N+](C)(C)C)COC(=O)CCCCCCCCC/C=C/C/C=C/C/C=C/C/C=C/C/C=C/CC. The van der Waals surface area contributed by atoms with Crippen molar-refractivity contribution < 1.29 is 38.2 Å². The lowest BCUT2D eigenvalue weighted by atomic mass is 10.1. The molecule has 0 bridgehead atoms. The second kappa shape index (κ2) is 43.6. The maximum absolute atomic E-state index is 12.7. The maximum atomic E-state index is 12.7. The Morgan fingerprint density at radius 1 is 0.500 bits per heavy atom. The first-order chi connectivity index (χ1) is 30.1. The van der Waals surface area contributed by atoms with Gasteiger partial charge >= 0.3 is 11.9 Å². The van der Waals surface area contributed by atoms with Crippen LogP contribution >= 0.6 is 0 Å². The molecule has 0 heterocycles. The minimum absolute atomic E-state index is 0.0198. The molecule has 0 aromatic carbocycles. The third-order valence-electron chi connectivity index (χ3n) is 10.00. The Balaban J connectivity index is 4.34. The summed E-state index contributed by atoms with van der Waals surface area (Å²) in [5.74, 6) is -1.80. The number of aliphatic carboxylic acids is 1. The standard InChI is InChI=1S/C54H87NO7/c1-6-8-10-12-14-16-18-20-22-23-24-25-26-27-28-29-31-32-34-36-38-40-42-44-52(56)61-49-50(48-60-47-46-51(54(58)59)55(3,4)5)62-53(57)45-43-41-39-37-35-33-30-21-19-17-15-13-11-9-7-2/h8-11,13-17,19-22,24-25,27-28,30,50-51H,6-7,12,18,23,26,29,31-49H2,1-5H3/b10-8+,11-9+,15-13+,16-14+,19-17+,22-20+,25-24+,28-27+,30-21+. The Morgan fingerprint density at radius 2 is 0.935 bits per heavy atom. The number of likely N-dealkylation sites (N-methyl/N-ethyl adjacent to an activating group) is 1. The van der Waals surface area contributed by atoms with E-state index in [1.165, 1.54) is 19.3 Å². The highest BCUT2D eigenvalue weighted by Gasteiger charge is 2.25. The molecule has 350 valence electrons. The molecule has 2 unspecified atom stereocenters. The molecular weight excluding hydrogens is 775 g/mol. The number of carboxylic acids is 1. The van der Waals surface area contributed by atoms with Crippen molar-refractivity contribution in [1.82, 2.24) is 0 Å². The summed E-state index contributed by atoms with van der Waals surface area (Å²) in [4.78, 5) is 37.0. The van der Waals surface area contributed by atoms with Crippen LogP contribution in [-0.2, 0) is 28.6 Å². The Kier molecular flexibility index (Phi) is 40.8. The fourth-order valence-corrected chi connectivity index (χ4v) is 6.34. The van der Waals surface area contributed by atoms with Crippen molar-refractivity contribution in [3.8, 4) is 0 Å². The molecule has 0 spiro atoms. The Labute approximate surface area is 378 Å². The van der Waals surface area contributed by atoms with Gasteiger partial charge < -0.3 is 28.6 Å². The average Bonchev–Trinajstić information content (AvgIpc) is 3.23. The zero-order valence-electron chi connectivity index (χ0n) is 39.7. The van der Waals surface area contributed by atoms with Gasteiger partial charge in [0.15, 0.2) is 6.10 Å². The first-order valence-electron chi connectivity index (χ1n) is 24.0. The molecule has 0 saturated carbocycles. The molecule has 0 aliphatic carbocycles. The molecule has 0 radical (unpaired) electrons. The van der Waals surface area contributed by atoms with Gasteiger partial charge in [-0.05, 0) is 77.0 Å². The number of carbonyl (C=O) groups excluding carboxylic acids is 3. The molecule has 0 aliphatic rings. The second-order valence-electron chi connectivity index (χ2n) is 16.7. The number of allylic oxidation sites excluding steroid dienone is 18. The van der Waals surface area contributed by atoms with E-state index in [2.05, 4.69) is 92.8 Å². The van der Waals surface area contributed by atoms with Crippen LogP contribution in [-0.4, -0.2) is 75.5 Å². The highest BCUT2D eigenvalue weighted by atomic mass is 16.6. The van der Waals surface area contributed by atoms with Crippen LogP contribution in [0.25, 0.3) is 0 Å². The van der Waals surface area contributed by atoms with Crippen molar-refractivity contribution in [2.75, 3.05) is 41.0 Å². The first kappa shape index (κ1) is 58.0. The first-order valence-corrected chi connectivity index (χ1v) is 24.0. The van der Waals surface area contributed by atoms with Crippen molar-refractivity contribution in [3.05, 3.63) is 109 Å². The van der Waals surface area contributed by atoms with Gasteiger partial charge in [0.05, 0.1) is 40.3 Å². The van der Waals surface area contributed by atoms with Crippen molar-refractivity contribution in [3.63, 3.8) is 0 Å². The van der Waals surface area contributed by atoms with E-state index in [4.69, 9.17) is 14.2 Å². The predicted octanol–water partition coefficient (Wildman–Crippen LogP) is 12.3. The fraction of sp³-hybridized carbons (Fsp3) is 0.611. The number of ether oxygens (including phenoxy) is 3. The van der Waals surface area contributed by atoms with Gasteiger partial charge in [0.1, 0.15) is 12.6 Å². The molecule has 62 heavy (non-hydrogen) atoms. The van der Waals surface area contributed by atoms with Gasteiger partial charge in [0, 0.05) is 19.3 Å². The van der Waals surface area contributed by atoms with Crippen LogP contribution in [0.3, 0.4) is 0 Å². The Hall–Kier alpha value is -4.01. The van der Waals surface area contributed by atoms with E-state index in [1.54, 1.807) is 21.1 Å². The van der Waals surface area contributed by atoms with Gasteiger partial charge in [-0.25, -0.2) is 0 Å². The highest BCUT2D eigenvalue weighted by molar-refractivity contribution is 5.70. The number of carboxylic acid groups (broad SMARTS) is 1. The van der Waals surface area contributed by atoms with Gasteiger partial charge in [-0.15, -0.1) is 0 Å². The number of unbranched alkanes of at least 4 members (excludes halogenated alkanes) is 12. The van der Waals surface area contributed by atoms with Gasteiger partial charge in [-0.1, -0.05) is 175 Å². The molecule has 0 N–H and O–H groups in total. The Morgan fingerprint density at radius 3 is 1.45 bits per heavy atom. The quantitative estimate of drug-likeness (QED) is 0.0198. The topological polar surface area (TPSA) is 102 Å². The van der Waals surface area contributed by atoms with Crippen molar-refractivity contribution >= 4 is 17.9 Å². The van der Waals surface area contributed by atoms with E-state index in [-0.39, 0.29) is 49.1 Å². The second-order valence-corrected chi connectivity index (χ2v) is 16.7. The number of carbonyl (C=O) groups is 3. The summed E-state index contributed by atoms with van der Waals surface area (Å²) in [7, 11) is 5.38. The lowest BCUT2D eigenvalue weighted by molar-refractivity contribution is -0.889. The third kappa shape index (κ3) is 41.3. The van der Waals surface area contributed by atoms with Gasteiger partial charge in [0.2, 0.25) is 0 Å². The van der Waals surface area contributed by atoms with Crippen LogP contribution in [0.15, 0.2) is 109 Å². The third-order valence-corrected chi connectivity index (χ3v) is 10.00. The molecule has 8 heteroatoms. The summed E-state index contributed by atoms with van der Waals surface area (Å²) >= 11 is 0. The monoisotopic (exact) mass is 862 g/mol. The van der Waals surface area contributed by atoms with E-state index >= 15 is 0 Å². The van der Waals surface area contributed by atoms with Gasteiger partial charge in [0.25, 0.3) is 0 Å². The van der Waals surface area contributed by atoms with E-state index in [0.29, 0.717) is 6.42 Å². The minimum atomic E-state index is -1.14. The summed E-state index contributed by atoms with van der Waals surface area (Å²) in [6.07, 6.45) is 59.7. The predicted molar refractivity (Wildman–Crippen MR) is 258 cm³/mol. The molecule has 0 fully saturated rings. The summed E-state index contributed by atoms with van der Waals surface area (Å²) in [6.45, 7) is 4.35. The largest absolute Gasteiger partial charge is 0.544 e. The van der Waals surface area contributed by atoms with Crippen LogP contribution < -0.4 is 5.11 Å². The molecule has 0 aromatic heterocycles. The van der Waals surface area contributed by atoms with Gasteiger partial charge in [-0.2, -0.15) is 0 Å². The molecule has 0 aromatic rings. The van der Waals surface area contributed by atoms with Crippen LogP contribution in [0, 0.1) is 0 Å². The average molecular weight is 862 g/mol. The number of esters is 2. The molecule has 0 amide bonds. The van der Waals surface area contributed by atoms with Gasteiger partial charge in [-0.3, -0.25) is 9.59 Å². The van der Waals surface area contributed by atoms with E-state index in [0.717, 1.165) is 109 Å². The lowest BCUT2D eigenvalue weighted by Crippen LogP contribution is -2.55. The zero-order valence-corrected chi connectivity index (χ0v) is 39.7. The van der Waals surface area contributed by atoms with E-state index < -0.39 is 18.1 Å². The normalized spacial score (nSPS) is 13.9. The molecule has 2 atom stereocenters. The molecular formula is C54H87NO7. The maximum Gasteiger partial charge on any atom is 0.306 e. The number of rotatable bonds is 41. The summed E-state index contributed by atoms with van der Waals surface area (Å²) in [5, 5.41) is 11.6. The fourth-order valence-electron chi connectivity index (χ4n) is 6.34. The van der Waals surface area contributed by atoms with E-state index in [9.17, 15) is 19.5 Å². The van der Waals surface area contributed by atoms with Crippen LogP contribution in [0.1, 0.15) is 162 Å². The van der Waals surface area contributed by atoms with E-state index in [1.807, 2.05) is 30.4 Å². The van der Waals surface area contributed by atoms with Crippen molar-refractivity contribution in [2.24, 2.45) is 0 Å². The van der Waals surface area contributed by atoms with Crippen LogP contribution in [0.2, 0.25) is 0 Å². The summed E-state index contributed by atoms with van der Waals surface area (Å²) < 4.78 is 17.2. The lowest BCUT2D eigenvalue weighted by Gasteiger charge is -2.34. The summed E-state index contributed by atoms with van der Waals surface area (Å²) in [6, 6.07) is -0.739. The number of quaternary nitrogens is 1. The molecule has 0 saturated heterocycles. The minimum Gasteiger partial charge on any atom is -0.544 e. The number of nitrogens with zero attached hydrogens (tertiary/aromatic N) is 1.